The van der Waals surface area contributed by atoms with Crippen LogP contribution in [0.15, 0.2) is 59.3 Å². The Morgan fingerprint density at radius 3 is 2.44 bits per heavy atom. The Morgan fingerprint density at radius 2 is 1.81 bits per heavy atom. The molecule has 0 saturated heterocycles. The summed E-state index contributed by atoms with van der Waals surface area (Å²) < 4.78 is 18.4. The molecule has 0 fully saturated rings. The summed E-state index contributed by atoms with van der Waals surface area (Å²) in [6, 6.07) is 13.1. The minimum atomic E-state index is -0.320. The van der Waals surface area contributed by atoms with E-state index in [1.165, 1.54) is 0 Å². The summed E-state index contributed by atoms with van der Waals surface area (Å²) in [7, 11) is 3.12. The van der Waals surface area contributed by atoms with Gasteiger partial charge in [0.2, 0.25) is 0 Å². The van der Waals surface area contributed by atoms with Gasteiger partial charge in [-0.1, -0.05) is 28.1 Å². The van der Waals surface area contributed by atoms with Crippen LogP contribution >= 0.6 is 15.9 Å². The first kappa shape index (κ1) is 19.0. The molecule has 0 atom stereocenters. The van der Waals surface area contributed by atoms with Gasteiger partial charge < -0.3 is 14.2 Å². The third-order valence-electron chi connectivity index (χ3n) is 3.99. The van der Waals surface area contributed by atoms with E-state index in [4.69, 9.17) is 14.2 Å². The van der Waals surface area contributed by atoms with Gasteiger partial charge in [-0.25, -0.2) is 4.68 Å². The van der Waals surface area contributed by atoms with Crippen LogP contribution in [-0.4, -0.2) is 30.0 Å². The van der Waals surface area contributed by atoms with E-state index in [9.17, 15) is 4.79 Å². The summed E-state index contributed by atoms with van der Waals surface area (Å²) in [5, 5.41) is 4.18. The zero-order valence-corrected chi connectivity index (χ0v) is 16.6. The molecule has 0 spiro atoms. The highest BCUT2D eigenvalue weighted by Crippen LogP contribution is 2.33. The minimum Gasteiger partial charge on any atom is -0.493 e. The number of halogens is 1. The van der Waals surface area contributed by atoms with Crippen molar-refractivity contribution in [2.45, 2.75) is 13.0 Å². The van der Waals surface area contributed by atoms with E-state index in [0.29, 0.717) is 11.5 Å². The van der Waals surface area contributed by atoms with E-state index >= 15 is 0 Å². The number of methoxy groups -OCH3 is 2. The second-order valence-corrected chi connectivity index (χ2v) is 6.61. The zero-order chi connectivity index (χ0) is 19.2. The Kier molecular flexibility index (Phi) is 6.13. The first-order valence-corrected chi connectivity index (χ1v) is 9.05. The van der Waals surface area contributed by atoms with E-state index < -0.39 is 0 Å². The van der Waals surface area contributed by atoms with Gasteiger partial charge in [-0.3, -0.25) is 4.79 Å². The van der Waals surface area contributed by atoms with Crippen LogP contribution in [0.2, 0.25) is 0 Å². The molecule has 0 aliphatic rings. The minimum absolute atomic E-state index is 0.131. The molecule has 140 valence electrons. The Hall–Kier alpha value is -2.80. The smallest absolute Gasteiger partial charge is 0.310 e. The maximum atomic E-state index is 12.2. The van der Waals surface area contributed by atoms with Crippen LogP contribution < -0.4 is 9.47 Å². The topological polar surface area (TPSA) is 62.6 Å². The summed E-state index contributed by atoms with van der Waals surface area (Å²) in [5.41, 5.74) is 2.63. The molecular formula is C20H19BrN2O4. The quantitative estimate of drug-likeness (QED) is 0.531. The number of rotatable bonds is 7. The molecule has 3 aromatic rings. The molecule has 7 heteroatoms. The van der Waals surface area contributed by atoms with Gasteiger partial charge in [-0.15, -0.1) is 0 Å². The van der Waals surface area contributed by atoms with Crippen LogP contribution in [0.25, 0.3) is 5.69 Å². The summed E-state index contributed by atoms with van der Waals surface area (Å²) in [6.07, 6.45) is 3.73. The molecule has 0 aliphatic carbocycles. The van der Waals surface area contributed by atoms with E-state index in [2.05, 4.69) is 21.0 Å². The Balaban J connectivity index is 1.60. The Labute approximate surface area is 165 Å². The molecule has 0 aliphatic heterocycles. The normalized spacial score (nSPS) is 10.5. The fourth-order valence-corrected chi connectivity index (χ4v) is 3.03. The molecule has 6 nitrogen and oxygen atoms in total. The average molecular weight is 431 g/mol. The molecule has 2 aromatic carbocycles. The van der Waals surface area contributed by atoms with Crippen LogP contribution in [0.5, 0.6) is 11.5 Å². The van der Waals surface area contributed by atoms with Gasteiger partial charge in [0.15, 0.2) is 11.5 Å². The Bertz CT molecular complexity index is 908. The van der Waals surface area contributed by atoms with Gasteiger partial charge in [-0.2, -0.15) is 5.10 Å². The predicted molar refractivity (Wildman–Crippen MR) is 104 cm³/mol. The van der Waals surface area contributed by atoms with Crippen LogP contribution in [0.4, 0.5) is 0 Å². The van der Waals surface area contributed by atoms with E-state index in [-0.39, 0.29) is 19.0 Å². The first-order valence-electron chi connectivity index (χ1n) is 8.25. The number of aromatic nitrogens is 2. The summed E-state index contributed by atoms with van der Waals surface area (Å²) in [4.78, 5) is 12.2. The Morgan fingerprint density at radius 1 is 1.11 bits per heavy atom. The largest absolute Gasteiger partial charge is 0.493 e. The molecule has 1 aromatic heterocycles. The fourth-order valence-electron chi connectivity index (χ4n) is 2.57. The van der Waals surface area contributed by atoms with Crippen molar-refractivity contribution in [3.63, 3.8) is 0 Å². The predicted octanol–water partition coefficient (Wildman–Crippen LogP) is 3.94. The lowest BCUT2D eigenvalue weighted by atomic mass is 10.1. The van der Waals surface area contributed by atoms with Crippen LogP contribution in [0.1, 0.15) is 11.1 Å². The summed E-state index contributed by atoms with van der Waals surface area (Å²) in [5.74, 6) is 0.843. The summed E-state index contributed by atoms with van der Waals surface area (Å²) in [6.45, 7) is 0.211. The lowest BCUT2D eigenvalue weighted by Gasteiger charge is -2.12. The number of hydrogen-bond donors (Lipinski definition) is 0. The molecule has 0 N–H and O–H groups in total. The van der Waals surface area contributed by atoms with Crippen molar-refractivity contribution in [3.8, 4) is 17.2 Å². The number of esters is 1. The monoisotopic (exact) mass is 430 g/mol. The standard InChI is InChI=1S/C20H19BrN2O4/c1-25-18-10-15(17(21)12-19(18)26-2)11-20(24)27-13-14-4-6-16(7-5-14)23-9-3-8-22-23/h3-10,12H,11,13H2,1-2H3. The average Bonchev–Trinajstić information content (AvgIpc) is 3.23. The number of carbonyl (C=O) groups is 1. The molecule has 0 bridgehead atoms. The molecule has 3 rings (SSSR count). The van der Waals surface area contributed by atoms with Crippen molar-refractivity contribution in [2.75, 3.05) is 14.2 Å². The lowest BCUT2D eigenvalue weighted by molar-refractivity contribution is -0.144. The number of carbonyl (C=O) groups excluding carboxylic acids is 1. The van der Waals surface area contributed by atoms with Gasteiger partial charge in [-0.05, 0) is 41.5 Å². The van der Waals surface area contributed by atoms with Crippen molar-refractivity contribution in [3.05, 3.63) is 70.5 Å². The van der Waals surface area contributed by atoms with Crippen molar-refractivity contribution < 1.29 is 19.0 Å². The molecule has 0 radical (unpaired) electrons. The molecule has 0 unspecified atom stereocenters. The molecular weight excluding hydrogens is 412 g/mol. The van der Waals surface area contributed by atoms with Gasteiger partial charge >= 0.3 is 5.97 Å². The fraction of sp³-hybridized carbons (Fsp3) is 0.200. The van der Waals surface area contributed by atoms with Crippen molar-refractivity contribution in [2.24, 2.45) is 0 Å². The highest BCUT2D eigenvalue weighted by Gasteiger charge is 2.13. The van der Waals surface area contributed by atoms with Gasteiger partial charge in [0, 0.05) is 16.9 Å². The zero-order valence-electron chi connectivity index (χ0n) is 15.0. The second kappa shape index (κ2) is 8.73. The third-order valence-corrected chi connectivity index (χ3v) is 4.73. The van der Waals surface area contributed by atoms with E-state index in [1.54, 1.807) is 37.2 Å². The number of hydrogen-bond acceptors (Lipinski definition) is 5. The number of ether oxygens (including phenoxy) is 3. The first-order chi connectivity index (χ1) is 13.1. The van der Waals surface area contributed by atoms with Gasteiger partial charge in [0.05, 0.1) is 26.3 Å². The molecule has 1 heterocycles. The van der Waals surface area contributed by atoms with Crippen LogP contribution in [0, 0.1) is 0 Å². The SMILES string of the molecule is COc1cc(Br)c(CC(=O)OCc2ccc(-n3cccn3)cc2)cc1OC. The highest BCUT2D eigenvalue weighted by molar-refractivity contribution is 9.10. The highest BCUT2D eigenvalue weighted by atomic mass is 79.9. The molecule has 0 saturated carbocycles. The third kappa shape index (κ3) is 4.68. The van der Waals surface area contributed by atoms with Crippen molar-refractivity contribution in [1.82, 2.24) is 9.78 Å². The molecule has 0 amide bonds. The van der Waals surface area contributed by atoms with Crippen LogP contribution in [0.3, 0.4) is 0 Å². The number of nitrogens with zero attached hydrogens (tertiary/aromatic N) is 2. The molecule has 27 heavy (non-hydrogen) atoms. The van der Waals surface area contributed by atoms with Gasteiger partial charge in [0.1, 0.15) is 6.61 Å². The second-order valence-electron chi connectivity index (χ2n) is 5.75. The number of benzene rings is 2. The van der Waals surface area contributed by atoms with Gasteiger partial charge in [0.25, 0.3) is 0 Å². The van der Waals surface area contributed by atoms with E-state index in [1.807, 2.05) is 36.5 Å². The van der Waals surface area contributed by atoms with E-state index in [0.717, 1.165) is 21.3 Å². The maximum Gasteiger partial charge on any atom is 0.310 e. The van der Waals surface area contributed by atoms with Crippen LogP contribution in [-0.2, 0) is 22.6 Å². The van der Waals surface area contributed by atoms with Crippen molar-refractivity contribution >= 4 is 21.9 Å². The summed E-state index contributed by atoms with van der Waals surface area (Å²) >= 11 is 3.45. The lowest BCUT2D eigenvalue weighted by Crippen LogP contribution is -2.09. The van der Waals surface area contributed by atoms with Crippen molar-refractivity contribution in [1.29, 1.82) is 0 Å². The maximum absolute atomic E-state index is 12.2.